The summed E-state index contributed by atoms with van der Waals surface area (Å²) in [4.78, 5) is 0.142. The number of thioether (sulfide) groups is 1. The smallest absolute Gasteiger partial charge is 0.240 e. The molecule has 1 heterocycles. The van der Waals surface area contributed by atoms with Crippen LogP contribution in [0.3, 0.4) is 0 Å². The van der Waals surface area contributed by atoms with Crippen molar-refractivity contribution in [1.29, 1.82) is 0 Å². The van der Waals surface area contributed by atoms with Gasteiger partial charge in [0.25, 0.3) is 0 Å². The largest absolute Gasteiger partial charge is 0.496 e. The molecule has 11 heteroatoms. The molecule has 0 amide bonds. The number of halogens is 1. The molecule has 0 fully saturated rings. The number of nitrogens with zero attached hydrogens (tertiary/aromatic N) is 4. The monoisotopic (exact) mass is 527 g/mol. The predicted octanol–water partition coefficient (Wildman–Crippen LogP) is 4.63. The summed E-state index contributed by atoms with van der Waals surface area (Å²) < 4.78 is 35.3. The van der Waals surface area contributed by atoms with E-state index >= 15 is 0 Å². The van der Waals surface area contributed by atoms with Gasteiger partial charge in [-0.05, 0) is 42.0 Å². The number of rotatable bonds is 10. The van der Waals surface area contributed by atoms with Gasteiger partial charge in [-0.25, -0.2) is 13.1 Å². The Morgan fingerprint density at radius 1 is 1.09 bits per heavy atom. The van der Waals surface area contributed by atoms with Gasteiger partial charge < -0.3 is 4.74 Å². The molecule has 35 heavy (non-hydrogen) atoms. The van der Waals surface area contributed by atoms with E-state index in [9.17, 15) is 8.42 Å². The summed E-state index contributed by atoms with van der Waals surface area (Å²) in [6.07, 6.45) is 3.15. The highest BCUT2D eigenvalue weighted by atomic mass is 35.5. The molecule has 0 saturated carbocycles. The Morgan fingerprint density at radius 2 is 1.80 bits per heavy atom. The van der Waals surface area contributed by atoms with Crippen molar-refractivity contribution in [3.05, 3.63) is 101 Å². The van der Waals surface area contributed by atoms with Gasteiger partial charge >= 0.3 is 0 Å². The first-order valence-corrected chi connectivity index (χ1v) is 13.2. The molecule has 0 radical (unpaired) electrons. The third-order valence-corrected chi connectivity index (χ3v) is 7.86. The Labute approximate surface area is 213 Å². The van der Waals surface area contributed by atoms with Gasteiger partial charge in [0.15, 0.2) is 0 Å². The van der Waals surface area contributed by atoms with E-state index in [2.05, 4.69) is 20.0 Å². The Hall–Kier alpha value is -3.18. The molecule has 0 unspecified atom stereocenters. The molecule has 0 spiro atoms. The van der Waals surface area contributed by atoms with Gasteiger partial charge in [0.2, 0.25) is 15.2 Å². The topological polar surface area (TPSA) is 98.5 Å². The summed E-state index contributed by atoms with van der Waals surface area (Å²) >= 11 is 7.25. The quantitative estimate of drug-likeness (QED) is 0.238. The minimum absolute atomic E-state index is 0.128. The van der Waals surface area contributed by atoms with Crippen molar-refractivity contribution in [2.24, 2.45) is 5.10 Å². The van der Waals surface area contributed by atoms with Gasteiger partial charge in [0.05, 0.1) is 23.5 Å². The molecule has 4 aromatic rings. The number of benzene rings is 3. The lowest BCUT2D eigenvalue weighted by molar-refractivity contribution is 0.414. The highest BCUT2D eigenvalue weighted by Crippen LogP contribution is 2.34. The van der Waals surface area contributed by atoms with Crippen molar-refractivity contribution in [3.63, 3.8) is 0 Å². The second-order valence-electron chi connectivity index (χ2n) is 7.27. The fraction of sp³-hybridized carbons (Fsp3) is 0.125. The Morgan fingerprint density at radius 3 is 2.54 bits per heavy atom. The lowest BCUT2D eigenvalue weighted by Crippen LogP contribution is -2.27. The maximum atomic E-state index is 12.8. The number of ether oxygens (including phenoxy) is 1. The van der Waals surface area contributed by atoms with E-state index in [1.54, 1.807) is 30.1 Å². The van der Waals surface area contributed by atoms with E-state index in [4.69, 9.17) is 16.3 Å². The molecule has 1 atom stereocenters. The fourth-order valence-corrected chi connectivity index (χ4v) is 5.47. The number of para-hydroxylation sites is 1. The first-order valence-electron chi connectivity index (χ1n) is 10.5. The minimum atomic E-state index is -3.73. The molecule has 0 saturated heterocycles. The van der Waals surface area contributed by atoms with E-state index in [1.165, 1.54) is 30.2 Å². The molecule has 0 aliphatic carbocycles. The van der Waals surface area contributed by atoms with Crippen LogP contribution >= 0.6 is 23.4 Å². The van der Waals surface area contributed by atoms with Crippen LogP contribution in [0.2, 0.25) is 5.02 Å². The Bertz CT molecular complexity index is 1390. The number of aromatic nitrogens is 3. The van der Waals surface area contributed by atoms with Crippen LogP contribution in [0.4, 0.5) is 0 Å². The van der Waals surface area contributed by atoms with E-state index in [0.29, 0.717) is 15.9 Å². The van der Waals surface area contributed by atoms with Crippen LogP contribution in [-0.4, -0.2) is 43.2 Å². The first-order chi connectivity index (χ1) is 17.0. The van der Waals surface area contributed by atoms with Gasteiger partial charge in [-0.1, -0.05) is 65.8 Å². The summed E-state index contributed by atoms with van der Waals surface area (Å²) in [6, 6.07) is 23.1. The summed E-state index contributed by atoms with van der Waals surface area (Å²) in [5, 5.41) is 13.3. The van der Waals surface area contributed by atoms with Crippen molar-refractivity contribution in [2.45, 2.75) is 15.3 Å². The lowest BCUT2D eigenvalue weighted by Gasteiger charge is -2.17. The summed E-state index contributed by atoms with van der Waals surface area (Å²) in [5.74, 6) is 0.692. The molecular formula is C24H22ClN5O3S2. The minimum Gasteiger partial charge on any atom is -0.496 e. The van der Waals surface area contributed by atoms with E-state index < -0.39 is 10.0 Å². The zero-order chi connectivity index (χ0) is 24.7. The lowest BCUT2D eigenvalue weighted by atomic mass is 10.1. The van der Waals surface area contributed by atoms with Gasteiger partial charge in [-0.2, -0.15) is 9.78 Å². The third-order valence-electron chi connectivity index (χ3n) is 4.96. The van der Waals surface area contributed by atoms with Crippen LogP contribution in [0.1, 0.15) is 16.4 Å². The molecule has 0 bridgehead atoms. The number of sulfonamides is 1. The molecule has 4 rings (SSSR count). The molecule has 0 aliphatic rings. The van der Waals surface area contributed by atoms with Gasteiger partial charge in [0, 0.05) is 17.1 Å². The van der Waals surface area contributed by atoms with E-state index in [1.807, 2.05) is 54.6 Å². The Kier molecular flexibility index (Phi) is 8.19. The molecule has 1 aromatic heterocycles. The molecule has 3 aromatic carbocycles. The normalized spacial score (nSPS) is 12.6. The van der Waals surface area contributed by atoms with E-state index in [-0.39, 0.29) is 16.7 Å². The third kappa shape index (κ3) is 6.49. The van der Waals surface area contributed by atoms with Crippen molar-refractivity contribution < 1.29 is 13.2 Å². The van der Waals surface area contributed by atoms with Gasteiger partial charge in [0.1, 0.15) is 12.1 Å². The molecular weight excluding hydrogens is 506 g/mol. The number of hydrogen-bond acceptors (Lipinski definition) is 7. The molecule has 8 nitrogen and oxygen atoms in total. The fourth-order valence-electron chi connectivity index (χ4n) is 3.18. The molecule has 180 valence electrons. The SMILES string of the molecule is COc1ccccc1/C=N/n1cnnc1S[C@@H](CNS(=O)(=O)c1ccc(Cl)cc1)c1ccccc1. The van der Waals surface area contributed by atoms with Crippen LogP contribution in [0.15, 0.2) is 100 Å². The van der Waals surface area contributed by atoms with Crippen molar-refractivity contribution in [1.82, 2.24) is 19.6 Å². The average molecular weight is 528 g/mol. The number of methoxy groups -OCH3 is 1. The molecule has 0 aliphatic heterocycles. The summed E-state index contributed by atoms with van der Waals surface area (Å²) in [7, 11) is -2.13. The number of hydrogen-bond donors (Lipinski definition) is 1. The zero-order valence-corrected chi connectivity index (χ0v) is 21.0. The Balaban J connectivity index is 1.55. The summed E-state index contributed by atoms with van der Waals surface area (Å²) in [5.41, 5.74) is 1.73. The van der Waals surface area contributed by atoms with Crippen LogP contribution in [0, 0.1) is 0 Å². The van der Waals surface area contributed by atoms with Gasteiger partial charge in [-0.3, -0.25) is 0 Å². The zero-order valence-electron chi connectivity index (χ0n) is 18.7. The summed E-state index contributed by atoms with van der Waals surface area (Å²) in [6.45, 7) is 0.128. The van der Waals surface area contributed by atoms with Crippen LogP contribution in [0.5, 0.6) is 5.75 Å². The van der Waals surface area contributed by atoms with Crippen molar-refractivity contribution in [2.75, 3.05) is 13.7 Å². The van der Waals surface area contributed by atoms with Gasteiger partial charge in [-0.15, -0.1) is 10.2 Å². The highest BCUT2D eigenvalue weighted by molar-refractivity contribution is 7.99. The van der Waals surface area contributed by atoms with Crippen molar-refractivity contribution >= 4 is 39.6 Å². The maximum absolute atomic E-state index is 12.8. The van der Waals surface area contributed by atoms with Crippen LogP contribution < -0.4 is 9.46 Å². The van der Waals surface area contributed by atoms with Crippen molar-refractivity contribution in [3.8, 4) is 5.75 Å². The second kappa shape index (κ2) is 11.5. The maximum Gasteiger partial charge on any atom is 0.240 e. The van der Waals surface area contributed by atoms with Crippen LogP contribution in [0.25, 0.3) is 0 Å². The number of nitrogens with one attached hydrogen (secondary N) is 1. The predicted molar refractivity (Wildman–Crippen MR) is 138 cm³/mol. The molecule has 1 N–H and O–H groups in total. The standard InChI is InChI=1S/C24H22ClN5O3S2/c1-33-22-10-6-5-9-19(22)15-27-30-17-26-29-24(30)34-23(18-7-3-2-4-8-18)16-28-35(31,32)21-13-11-20(25)12-14-21/h2-15,17,23,28H,16H2,1H3/b27-15+/t23-/m0/s1. The first kappa shape index (κ1) is 24.9. The average Bonchev–Trinajstić information content (AvgIpc) is 3.33. The van der Waals surface area contributed by atoms with Crippen LogP contribution in [-0.2, 0) is 10.0 Å². The van der Waals surface area contributed by atoms with E-state index in [0.717, 1.165) is 11.1 Å². The second-order valence-corrected chi connectivity index (χ2v) is 10.6. The highest BCUT2D eigenvalue weighted by Gasteiger charge is 2.21.